The van der Waals surface area contributed by atoms with Crippen LogP contribution in [0.4, 0.5) is 11.4 Å². The molecule has 2 N–H and O–H groups in total. The molecule has 4 rings (SSSR count). The minimum absolute atomic E-state index is 0.0828. The highest BCUT2D eigenvalue weighted by molar-refractivity contribution is 6.34. The molecule has 0 unspecified atom stereocenters. The molecule has 3 aromatic carbocycles. The van der Waals surface area contributed by atoms with Crippen molar-refractivity contribution < 1.29 is 19.7 Å². The molecule has 0 aromatic heterocycles. The van der Waals surface area contributed by atoms with E-state index in [1.165, 1.54) is 0 Å². The van der Waals surface area contributed by atoms with Crippen molar-refractivity contribution in [2.75, 3.05) is 37.7 Å². The third kappa shape index (κ3) is 6.24. The molecule has 0 aliphatic carbocycles. The molecular weight excluding hydrogens is 513 g/mol. The summed E-state index contributed by atoms with van der Waals surface area (Å²) < 4.78 is 5.45. The first kappa shape index (κ1) is 26.9. The maximum atomic E-state index is 13.6. The highest BCUT2D eigenvalue weighted by Gasteiger charge is 2.38. The van der Waals surface area contributed by atoms with Crippen molar-refractivity contribution in [2.45, 2.75) is 18.6 Å². The predicted molar refractivity (Wildman–Crippen MR) is 144 cm³/mol. The zero-order chi connectivity index (χ0) is 26.6. The van der Waals surface area contributed by atoms with Gasteiger partial charge < -0.3 is 19.8 Å². The number of anilines is 1. The molecule has 0 spiro atoms. The van der Waals surface area contributed by atoms with Crippen LogP contribution in [0.15, 0.2) is 66.7 Å². The molecule has 1 saturated heterocycles. The number of hydrogen-bond acceptors (Lipinski definition) is 5. The number of aliphatic hydroxyl groups is 2. The van der Waals surface area contributed by atoms with Crippen molar-refractivity contribution in [2.24, 2.45) is 0 Å². The van der Waals surface area contributed by atoms with E-state index in [0.717, 1.165) is 5.56 Å². The number of ether oxygens (including phenoxy) is 1. The second-order valence-electron chi connectivity index (χ2n) is 9.12. The number of carbonyl (C=O) groups is 1. The maximum Gasteiger partial charge on any atom is 0.241 e. The van der Waals surface area contributed by atoms with E-state index in [1.54, 1.807) is 66.4 Å². The van der Waals surface area contributed by atoms with Gasteiger partial charge in [0.25, 0.3) is 0 Å². The van der Waals surface area contributed by atoms with Crippen LogP contribution in [0.25, 0.3) is 4.85 Å². The summed E-state index contributed by atoms with van der Waals surface area (Å²) in [6.07, 6.45) is 0. The summed E-state index contributed by atoms with van der Waals surface area (Å²) in [5.41, 5.74) is 1.34. The molecular formula is C28H27Cl2N3O4. The van der Waals surface area contributed by atoms with Gasteiger partial charge in [0.15, 0.2) is 5.69 Å². The van der Waals surface area contributed by atoms with Crippen LogP contribution in [0.5, 0.6) is 5.75 Å². The summed E-state index contributed by atoms with van der Waals surface area (Å²) in [7, 11) is 0. The first-order valence-electron chi connectivity index (χ1n) is 11.8. The maximum absolute atomic E-state index is 13.6. The van der Waals surface area contributed by atoms with Gasteiger partial charge >= 0.3 is 0 Å². The summed E-state index contributed by atoms with van der Waals surface area (Å²) in [5, 5.41) is 21.2. The lowest BCUT2D eigenvalue weighted by Crippen LogP contribution is -2.55. The summed E-state index contributed by atoms with van der Waals surface area (Å²) in [5.74, 6) is 0.327. The predicted octanol–water partition coefficient (Wildman–Crippen LogP) is 5.21. The molecule has 37 heavy (non-hydrogen) atoms. The van der Waals surface area contributed by atoms with E-state index in [9.17, 15) is 9.90 Å². The van der Waals surface area contributed by atoms with Crippen molar-refractivity contribution in [3.8, 4) is 5.75 Å². The Morgan fingerprint density at radius 2 is 1.81 bits per heavy atom. The molecule has 1 fully saturated rings. The Morgan fingerprint density at radius 3 is 2.43 bits per heavy atom. The highest BCUT2D eigenvalue weighted by atomic mass is 35.5. The minimum atomic E-state index is -1.24. The first-order chi connectivity index (χ1) is 17.7. The van der Waals surface area contributed by atoms with Crippen molar-refractivity contribution in [1.29, 1.82) is 0 Å². The number of β-amino-alcohol motifs (C(OH)–C–C–N with tert-alkyl or cyclic N) is 1. The first-order valence-corrected chi connectivity index (χ1v) is 12.5. The molecule has 1 aliphatic rings. The standard InChI is InChI=1S/C28H27Cl2N3O4/c1-28(36,20-5-9-22(31-2)10-6-20)18-32-16-26(19-3-7-21(29)8-4-19)33(27(35)17-32)25-12-11-23(15-24(25)30)37-14-13-34/h3-12,15,26,34,36H,13-14,16-18H2,1H3/t26-,28+/m0/s1. The number of nitrogens with zero attached hydrogens (tertiary/aromatic N) is 3. The van der Waals surface area contributed by atoms with E-state index in [2.05, 4.69) is 4.85 Å². The molecule has 1 heterocycles. The van der Waals surface area contributed by atoms with Crippen LogP contribution >= 0.6 is 23.2 Å². The van der Waals surface area contributed by atoms with E-state index in [0.29, 0.717) is 39.3 Å². The number of carbonyl (C=O) groups excluding carboxylic acids is 1. The molecule has 0 saturated carbocycles. The van der Waals surface area contributed by atoms with Gasteiger partial charge in [0.2, 0.25) is 5.91 Å². The normalized spacial score (nSPS) is 17.8. The highest BCUT2D eigenvalue weighted by Crippen LogP contribution is 2.38. The van der Waals surface area contributed by atoms with Crippen molar-refractivity contribution in [3.05, 3.63) is 99.3 Å². The number of hydrogen-bond donors (Lipinski definition) is 2. The summed E-state index contributed by atoms with van der Waals surface area (Å²) in [6, 6.07) is 18.8. The van der Waals surface area contributed by atoms with E-state index in [1.807, 2.05) is 17.0 Å². The smallest absolute Gasteiger partial charge is 0.241 e. The van der Waals surface area contributed by atoms with Gasteiger partial charge in [-0.3, -0.25) is 9.69 Å². The lowest BCUT2D eigenvalue weighted by atomic mass is 9.93. The summed E-state index contributed by atoms with van der Waals surface area (Å²) >= 11 is 12.7. The number of rotatable bonds is 8. The topological polar surface area (TPSA) is 77.6 Å². The van der Waals surface area contributed by atoms with Gasteiger partial charge in [0, 0.05) is 24.2 Å². The molecule has 2 atom stereocenters. The summed E-state index contributed by atoms with van der Waals surface area (Å²) in [4.78, 5) is 20.6. The lowest BCUT2D eigenvalue weighted by molar-refractivity contribution is -0.123. The fourth-order valence-corrected chi connectivity index (χ4v) is 4.94. The third-order valence-corrected chi connectivity index (χ3v) is 6.87. The van der Waals surface area contributed by atoms with Gasteiger partial charge in [-0.2, -0.15) is 0 Å². The molecule has 0 bridgehead atoms. The SMILES string of the molecule is [C-]#[N+]c1ccc([C@](C)(O)CN2CC(=O)N(c3ccc(OCCO)cc3Cl)[C@H](c3ccc(Cl)cc3)C2)cc1. The van der Waals surface area contributed by atoms with Crippen molar-refractivity contribution in [1.82, 2.24) is 4.90 Å². The van der Waals surface area contributed by atoms with Gasteiger partial charge in [-0.25, -0.2) is 4.85 Å². The summed E-state index contributed by atoms with van der Waals surface area (Å²) in [6.45, 7) is 9.61. The van der Waals surface area contributed by atoms with E-state index < -0.39 is 5.60 Å². The number of halogens is 2. The van der Waals surface area contributed by atoms with Gasteiger partial charge in [-0.05, 0) is 42.3 Å². The number of aliphatic hydroxyl groups excluding tert-OH is 1. The number of amides is 1. The monoisotopic (exact) mass is 539 g/mol. The van der Waals surface area contributed by atoms with Crippen LogP contribution in [-0.2, 0) is 10.4 Å². The van der Waals surface area contributed by atoms with Crippen LogP contribution < -0.4 is 9.64 Å². The van der Waals surface area contributed by atoms with Crippen LogP contribution in [0.2, 0.25) is 10.0 Å². The largest absolute Gasteiger partial charge is 0.491 e. The van der Waals surface area contributed by atoms with E-state index >= 15 is 0 Å². The molecule has 1 amide bonds. The zero-order valence-electron chi connectivity index (χ0n) is 20.3. The average Bonchev–Trinajstić information content (AvgIpc) is 2.88. The Labute approximate surface area is 226 Å². The zero-order valence-corrected chi connectivity index (χ0v) is 21.8. The molecule has 7 nitrogen and oxygen atoms in total. The Hall–Kier alpha value is -3.12. The van der Waals surface area contributed by atoms with Crippen LogP contribution in [0.1, 0.15) is 24.1 Å². The molecule has 0 radical (unpaired) electrons. The van der Waals surface area contributed by atoms with Gasteiger partial charge in [-0.1, -0.05) is 59.6 Å². The lowest BCUT2D eigenvalue weighted by Gasteiger charge is -2.43. The van der Waals surface area contributed by atoms with Crippen LogP contribution in [-0.4, -0.2) is 53.9 Å². The van der Waals surface area contributed by atoms with Crippen LogP contribution in [0, 0.1) is 6.57 Å². The van der Waals surface area contributed by atoms with Crippen molar-refractivity contribution >= 4 is 40.5 Å². The third-order valence-electron chi connectivity index (χ3n) is 6.31. The second kappa shape index (κ2) is 11.5. The molecule has 3 aromatic rings. The van der Waals surface area contributed by atoms with Gasteiger partial charge in [0.05, 0.1) is 42.1 Å². The molecule has 9 heteroatoms. The Balaban J connectivity index is 1.64. The van der Waals surface area contributed by atoms with Gasteiger partial charge in [-0.15, -0.1) is 0 Å². The number of benzene rings is 3. The fourth-order valence-electron chi connectivity index (χ4n) is 4.55. The Kier molecular flexibility index (Phi) is 8.38. The van der Waals surface area contributed by atoms with Crippen molar-refractivity contribution in [3.63, 3.8) is 0 Å². The number of piperazine rings is 1. The van der Waals surface area contributed by atoms with E-state index in [4.69, 9.17) is 39.6 Å². The van der Waals surface area contributed by atoms with E-state index in [-0.39, 0.29) is 38.3 Å². The quantitative estimate of drug-likeness (QED) is 0.384. The van der Waals surface area contributed by atoms with Crippen LogP contribution in [0.3, 0.4) is 0 Å². The average molecular weight is 540 g/mol. The second-order valence-corrected chi connectivity index (χ2v) is 9.96. The molecule has 1 aliphatic heterocycles. The Bertz CT molecular complexity index is 1290. The Morgan fingerprint density at radius 1 is 1.11 bits per heavy atom. The minimum Gasteiger partial charge on any atom is -0.491 e. The van der Waals surface area contributed by atoms with Gasteiger partial charge in [0.1, 0.15) is 12.4 Å². The molecule has 192 valence electrons. The fraction of sp³-hybridized carbons (Fsp3) is 0.286.